The van der Waals surface area contributed by atoms with Gasteiger partial charge in [0, 0.05) is 12.7 Å². The summed E-state index contributed by atoms with van der Waals surface area (Å²) in [7, 11) is 0. The second kappa shape index (κ2) is 6.68. The van der Waals surface area contributed by atoms with Crippen LogP contribution in [0.25, 0.3) is 5.65 Å². The number of fused-ring (bicyclic) bond motifs is 2. The Balaban J connectivity index is 1.36. The van der Waals surface area contributed by atoms with Crippen molar-refractivity contribution in [3.05, 3.63) is 30.2 Å². The maximum atomic E-state index is 13.1. The summed E-state index contributed by atoms with van der Waals surface area (Å²) in [6, 6.07) is 5.50. The van der Waals surface area contributed by atoms with Gasteiger partial charge in [-0.15, -0.1) is 10.2 Å². The maximum absolute atomic E-state index is 13.1. The smallest absolute Gasteiger partial charge is 0.243 e. The van der Waals surface area contributed by atoms with Gasteiger partial charge in [-0.25, -0.2) is 0 Å². The molecule has 28 heavy (non-hydrogen) atoms. The van der Waals surface area contributed by atoms with E-state index in [4.69, 9.17) is 0 Å². The lowest BCUT2D eigenvalue weighted by atomic mass is 9.81. The van der Waals surface area contributed by atoms with E-state index in [2.05, 4.69) is 10.2 Å². The molecular formula is C20H23N5O3. The molecule has 2 aromatic rings. The number of hydrogen-bond acceptors (Lipinski definition) is 5. The zero-order chi connectivity index (χ0) is 19.3. The van der Waals surface area contributed by atoms with Crippen LogP contribution >= 0.6 is 0 Å². The van der Waals surface area contributed by atoms with Crippen LogP contribution < -0.4 is 0 Å². The average molecular weight is 381 g/mol. The molecule has 5 rings (SSSR count). The van der Waals surface area contributed by atoms with Crippen LogP contribution in [-0.2, 0) is 14.4 Å². The van der Waals surface area contributed by atoms with Crippen LogP contribution in [0.2, 0.25) is 0 Å². The summed E-state index contributed by atoms with van der Waals surface area (Å²) in [6.45, 7) is 0.451. The number of amides is 3. The SMILES string of the molecule is O=C1[C@@H]2CCCC[C@H]2C(=O)N1CC(=O)N1CCC[C@@H]1c1nnc2ccccn12. The summed E-state index contributed by atoms with van der Waals surface area (Å²) < 4.78 is 1.90. The number of carbonyl (C=O) groups is 3. The van der Waals surface area contributed by atoms with Crippen molar-refractivity contribution >= 4 is 23.4 Å². The van der Waals surface area contributed by atoms with Gasteiger partial charge in [0.1, 0.15) is 6.54 Å². The minimum Gasteiger partial charge on any atom is -0.331 e. The van der Waals surface area contributed by atoms with Crippen LogP contribution in [0.1, 0.15) is 50.4 Å². The van der Waals surface area contributed by atoms with Gasteiger partial charge in [0.25, 0.3) is 0 Å². The Morgan fingerprint density at radius 1 is 1.00 bits per heavy atom. The number of pyridine rings is 1. The fourth-order valence-electron chi connectivity index (χ4n) is 5.03. The molecule has 3 aliphatic rings. The van der Waals surface area contributed by atoms with Crippen molar-refractivity contribution in [1.82, 2.24) is 24.4 Å². The standard InChI is InChI=1S/C20H23N5O3/c26-17(12-25-19(27)13-6-1-2-7-14(13)20(25)28)23-11-5-8-15(23)18-22-21-16-9-3-4-10-24(16)18/h3-4,9-10,13-15H,1-2,5-8,11-12H2/t13-,14-,15-/m1/s1. The Morgan fingerprint density at radius 3 is 2.50 bits per heavy atom. The minimum absolute atomic E-state index is 0.155. The Morgan fingerprint density at radius 2 is 1.75 bits per heavy atom. The minimum atomic E-state index is -0.219. The van der Waals surface area contributed by atoms with E-state index >= 15 is 0 Å². The summed E-state index contributed by atoms with van der Waals surface area (Å²) in [6.07, 6.45) is 7.05. The molecule has 4 heterocycles. The third-order valence-electron chi connectivity index (χ3n) is 6.44. The molecule has 0 unspecified atom stereocenters. The van der Waals surface area contributed by atoms with Gasteiger partial charge in [-0.05, 0) is 37.8 Å². The first kappa shape index (κ1) is 17.3. The van der Waals surface area contributed by atoms with E-state index in [0.717, 1.165) is 50.0 Å². The zero-order valence-corrected chi connectivity index (χ0v) is 15.7. The van der Waals surface area contributed by atoms with Gasteiger partial charge in [0.15, 0.2) is 11.5 Å². The van der Waals surface area contributed by atoms with Crippen LogP contribution in [0.3, 0.4) is 0 Å². The summed E-state index contributed by atoms with van der Waals surface area (Å²) >= 11 is 0. The molecule has 0 N–H and O–H groups in total. The van der Waals surface area contributed by atoms with Crippen molar-refractivity contribution in [1.29, 1.82) is 0 Å². The molecule has 8 heteroatoms. The normalized spacial score (nSPS) is 27.6. The summed E-state index contributed by atoms with van der Waals surface area (Å²) in [5.41, 5.74) is 0.741. The van der Waals surface area contributed by atoms with Crippen molar-refractivity contribution in [2.24, 2.45) is 11.8 Å². The van der Waals surface area contributed by atoms with E-state index in [-0.39, 0.29) is 42.1 Å². The predicted molar refractivity (Wildman–Crippen MR) is 98.8 cm³/mol. The molecule has 8 nitrogen and oxygen atoms in total. The monoisotopic (exact) mass is 381 g/mol. The fourth-order valence-corrected chi connectivity index (χ4v) is 5.03. The number of aromatic nitrogens is 3. The van der Waals surface area contributed by atoms with E-state index in [1.54, 1.807) is 4.90 Å². The highest BCUT2D eigenvalue weighted by Gasteiger charge is 2.49. The molecule has 0 spiro atoms. The summed E-state index contributed by atoms with van der Waals surface area (Å²) in [4.78, 5) is 41.4. The van der Waals surface area contributed by atoms with Crippen LogP contribution in [0.15, 0.2) is 24.4 Å². The van der Waals surface area contributed by atoms with Crippen molar-refractivity contribution in [3.8, 4) is 0 Å². The molecule has 1 aliphatic carbocycles. The van der Waals surface area contributed by atoms with E-state index < -0.39 is 0 Å². The van der Waals surface area contributed by atoms with Gasteiger partial charge in [0.05, 0.1) is 17.9 Å². The van der Waals surface area contributed by atoms with Crippen LogP contribution in [0.4, 0.5) is 0 Å². The van der Waals surface area contributed by atoms with E-state index in [1.807, 2.05) is 28.8 Å². The Labute approximate surface area is 162 Å². The van der Waals surface area contributed by atoms with Gasteiger partial charge < -0.3 is 4.90 Å². The predicted octanol–water partition coefficient (Wildman–Crippen LogP) is 1.57. The van der Waals surface area contributed by atoms with Gasteiger partial charge in [0.2, 0.25) is 17.7 Å². The molecular weight excluding hydrogens is 358 g/mol. The maximum Gasteiger partial charge on any atom is 0.243 e. The molecule has 1 saturated carbocycles. The lowest BCUT2D eigenvalue weighted by Crippen LogP contribution is -2.43. The molecule has 2 aromatic heterocycles. The lowest BCUT2D eigenvalue weighted by molar-refractivity contribution is -0.147. The van der Waals surface area contributed by atoms with Crippen molar-refractivity contribution in [3.63, 3.8) is 0 Å². The number of imide groups is 1. The van der Waals surface area contributed by atoms with Crippen molar-refractivity contribution < 1.29 is 14.4 Å². The molecule has 2 aliphatic heterocycles. The third-order valence-corrected chi connectivity index (χ3v) is 6.44. The van der Waals surface area contributed by atoms with Gasteiger partial charge >= 0.3 is 0 Å². The van der Waals surface area contributed by atoms with E-state index in [0.29, 0.717) is 6.54 Å². The van der Waals surface area contributed by atoms with Crippen LogP contribution in [0.5, 0.6) is 0 Å². The molecule has 3 fully saturated rings. The third kappa shape index (κ3) is 2.62. The van der Waals surface area contributed by atoms with Crippen molar-refractivity contribution in [2.45, 2.75) is 44.6 Å². The first-order chi connectivity index (χ1) is 13.6. The first-order valence-electron chi connectivity index (χ1n) is 10.1. The van der Waals surface area contributed by atoms with E-state index in [1.165, 1.54) is 4.90 Å². The molecule has 146 valence electrons. The fraction of sp³-hybridized carbons (Fsp3) is 0.550. The Bertz CT molecular complexity index is 930. The first-order valence-corrected chi connectivity index (χ1v) is 10.1. The Kier molecular flexibility index (Phi) is 4.14. The van der Waals surface area contributed by atoms with Crippen LogP contribution in [0, 0.1) is 11.8 Å². The molecule has 0 radical (unpaired) electrons. The van der Waals surface area contributed by atoms with E-state index in [9.17, 15) is 14.4 Å². The van der Waals surface area contributed by atoms with Crippen LogP contribution in [-0.4, -0.2) is 55.2 Å². The number of rotatable bonds is 3. The highest BCUT2D eigenvalue weighted by atomic mass is 16.2. The second-order valence-corrected chi connectivity index (χ2v) is 7.99. The highest BCUT2D eigenvalue weighted by Crippen LogP contribution is 2.38. The zero-order valence-electron chi connectivity index (χ0n) is 15.7. The number of carbonyl (C=O) groups excluding carboxylic acids is 3. The number of nitrogens with zero attached hydrogens (tertiary/aromatic N) is 5. The van der Waals surface area contributed by atoms with Crippen molar-refractivity contribution in [2.75, 3.05) is 13.1 Å². The largest absolute Gasteiger partial charge is 0.331 e. The van der Waals surface area contributed by atoms with Gasteiger partial charge in [-0.2, -0.15) is 0 Å². The highest BCUT2D eigenvalue weighted by molar-refractivity contribution is 6.07. The molecule has 2 saturated heterocycles. The Hall–Kier alpha value is -2.77. The summed E-state index contributed by atoms with van der Waals surface area (Å²) in [5.74, 6) is -0.212. The number of likely N-dealkylation sites (tertiary alicyclic amines) is 2. The molecule has 0 bridgehead atoms. The summed E-state index contributed by atoms with van der Waals surface area (Å²) in [5, 5.41) is 8.49. The second-order valence-electron chi connectivity index (χ2n) is 7.99. The molecule has 3 amide bonds. The quantitative estimate of drug-likeness (QED) is 0.753. The topological polar surface area (TPSA) is 87.9 Å². The molecule has 3 atom stereocenters. The number of hydrogen-bond donors (Lipinski definition) is 0. The average Bonchev–Trinajstić information content (AvgIpc) is 3.42. The van der Waals surface area contributed by atoms with Gasteiger partial charge in [-0.1, -0.05) is 18.9 Å². The molecule has 0 aromatic carbocycles. The van der Waals surface area contributed by atoms with Gasteiger partial charge in [-0.3, -0.25) is 23.7 Å². The lowest BCUT2D eigenvalue weighted by Gasteiger charge is -2.25.